The smallest absolute Gasteiger partial charge is 0.126 e. The van der Waals surface area contributed by atoms with E-state index in [0.717, 1.165) is 11.5 Å². The number of pyridine rings is 1. The van der Waals surface area contributed by atoms with Gasteiger partial charge in [0.2, 0.25) is 0 Å². The van der Waals surface area contributed by atoms with Gasteiger partial charge in [0, 0.05) is 19.4 Å². The third-order valence-corrected chi connectivity index (χ3v) is 2.85. The first-order chi connectivity index (χ1) is 8.45. The number of hydrogen-bond donors (Lipinski definition) is 1. The van der Waals surface area contributed by atoms with E-state index in [0.29, 0.717) is 6.54 Å². The van der Waals surface area contributed by atoms with Crippen LogP contribution in [0.4, 0.5) is 5.82 Å². The molecule has 0 atom stereocenters. The number of anilines is 1. The van der Waals surface area contributed by atoms with Crippen molar-refractivity contribution < 1.29 is 0 Å². The Morgan fingerprint density at radius 2 is 2.00 bits per heavy atom. The van der Waals surface area contributed by atoms with Gasteiger partial charge in [-0.05, 0) is 23.1 Å². The molecule has 4 heteroatoms. The van der Waals surface area contributed by atoms with Crippen LogP contribution in [0.25, 0.3) is 0 Å². The molecule has 0 bridgehead atoms. The molecule has 1 N–H and O–H groups in total. The summed E-state index contributed by atoms with van der Waals surface area (Å²) < 4.78 is 1.80. The summed E-state index contributed by atoms with van der Waals surface area (Å²) in [5.74, 6) is 0.883. The van der Waals surface area contributed by atoms with E-state index in [-0.39, 0.29) is 5.41 Å². The number of aromatic nitrogens is 3. The highest BCUT2D eigenvalue weighted by Gasteiger charge is 2.13. The quantitative estimate of drug-likeness (QED) is 0.902. The van der Waals surface area contributed by atoms with Gasteiger partial charge in [-0.15, -0.1) is 0 Å². The van der Waals surface area contributed by atoms with Crippen molar-refractivity contribution in [2.45, 2.75) is 32.7 Å². The molecule has 0 unspecified atom stereocenters. The Hall–Kier alpha value is -1.84. The summed E-state index contributed by atoms with van der Waals surface area (Å²) in [6, 6.07) is 6.13. The monoisotopic (exact) mass is 244 g/mol. The van der Waals surface area contributed by atoms with E-state index in [4.69, 9.17) is 0 Å². The maximum absolute atomic E-state index is 4.42. The molecule has 2 heterocycles. The zero-order valence-corrected chi connectivity index (χ0v) is 11.4. The molecule has 2 aromatic heterocycles. The standard InChI is InChI=1S/C14H20N4/c1-14(2,3)11-5-6-13(15-9-11)16-10-12-7-8-18(4)17-12/h5-9H,10H2,1-4H3,(H,15,16). The highest BCUT2D eigenvalue weighted by Crippen LogP contribution is 2.21. The Morgan fingerprint density at radius 3 is 2.50 bits per heavy atom. The molecule has 18 heavy (non-hydrogen) atoms. The molecule has 0 amide bonds. The van der Waals surface area contributed by atoms with Crippen LogP contribution in [0, 0.1) is 0 Å². The summed E-state index contributed by atoms with van der Waals surface area (Å²) in [5, 5.41) is 7.57. The third-order valence-electron chi connectivity index (χ3n) is 2.85. The van der Waals surface area contributed by atoms with Crippen molar-refractivity contribution in [3.05, 3.63) is 41.9 Å². The number of nitrogens with zero attached hydrogens (tertiary/aromatic N) is 3. The summed E-state index contributed by atoms with van der Waals surface area (Å²) >= 11 is 0. The first-order valence-corrected chi connectivity index (χ1v) is 6.14. The van der Waals surface area contributed by atoms with E-state index in [9.17, 15) is 0 Å². The predicted molar refractivity (Wildman–Crippen MR) is 73.5 cm³/mol. The predicted octanol–water partition coefficient (Wildman–Crippen LogP) is 2.72. The van der Waals surface area contributed by atoms with Crippen LogP contribution in [0.3, 0.4) is 0 Å². The molecule has 0 saturated carbocycles. The third kappa shape index (κ3) is 3.09. The SMILES string of the molecule is Cn1ccc(CNc2ccc(C(C)(C)C)cn2)n1. The molecule has 4 nitrogen and oxygen atoms in total. The molecule has 0 aromatic carbocycles. The molecular weight excluding hydrogens is 224 g/mol. The molecule has 0 fully saturated rings. The normalized spacial score (nSPS) is 11.6. The zero-order valence-electron chi connectivity index (χ0n) is 11.4. The molecule has 0 radical (unpaired) electrons. The second-order valence-electron chi connectivity index (χ2n) is 5.52. The van der Waals surface area contributed by atoms with E-state index in [1.807, 2.05) is 31.6 Å². The molecule has 2 aromatic rings. The van der Waals surface area contributed by atoms with Crippen LogP contribution in [0.15, 0.2) is 30.6 Å². The fourth-order valence-corrected chi connectivity index (χ4v) is 1.68. The number of rotatable bonds is 3. The van der Waals surface area contributed by atoms with Gasteiger partial charge in [0.25, 0.3) is 0 Å². The second-order valence-corrected chi connectivity index (χ2v) is 5.52. The van der Waals surface area contributed by atoms with E-state index in [1.54, 1.807) is 4.68 Å². The van der Waals surface area contributed by atoms with Crippen molar-refractivity contribution in [2.75, 3.05) is 5.32 Å². The van der Waals surface area contributed by atoms with E-state index < -0.39 is 0 Å². The molecule has 0 aliphatic rings. The minimum atomic E-state index is 0.145. The van der Waals surface area contributed by atoms with Gasteiger partial charge in [-0.1, -0.05) is 26.8 Å². The Bertz CT molecular complexity index is 505. The lowest BCUT2D eigenvalue weighted by atomic mass is 9.88. The van der Waals surface area contributed by atoms with Gasteiger partial charge < -0.3 is 5.32 Å². The van der Waals surface area contributed by atoms with Gasteiger partial charge in [0.15, 0.2) is 0 Å². The molecule has 0 aliphatic carbocycles. The fraction of sp³-hybridized carbons (Fsp3) is 0.429. The average molecular weight is 244 g/mol. The summed E-state index contributed by atoms with van der Waals surface area (Å²) in [7, 11) is 1.92. The molecule has 0 aliphatic heterocycles. The lowest BCUT2D eigenvalue weighted by molar-refractivity contribution is 0.587. The summed E-state index contributed by atoms with van der Waals surface area (Å²) in [6.45, 7) is 7.25. The van der Waals surface area contributed by atoms with Crippen molar-refractivity contribution in [1.29, 1.82) is 0 Å². The van der Waals surface area contributed by atoms with Crippen LogP contribution in [0.2, 0.25) is 0 Å². The van der Waals surface area contributed by atoms with E-state index in [2.05, 4.69) is 42.2 Å². The molecule has 96 valence electrons. The minimum absolute atomic E-state index is 0.145. The number of aryl methyl sites for hydroxylation is 1. The van der Waals surface area contributed by atoms with Crippen molar-refractivity contribution >= 4 is 5.82 Å². The first-order valence-electron chi connectivity index (χ1n) is 6.14. The van der Waals surface area contributed by atoms with Gasteiger partial charge >= 0.3 is 0 Å². The van der Waals surface area contributed by atoms with Gasteiger partial charge in [0.05, 0.1) is 12.2 Å². The van der Waals surface area contributed by atoms with Crippen molar-refractivity contribution in [1.82, 2.24) is 14.8 Å². The van der Waals surface area contributed by atoms with E-state index >= 15 is 0 Å². The lowest BCUT2D eigenvalue weighted by Crippen LogP contribution is -2.12. The summed E-state index contributed by atoms with van der Waals surface area (Å²) in [6.07, 6.45) is 3.87. The van der Waals surface area contributed by atoms with Gasteiger partial charge in [0.1, 0.15) is 5.82 Å². The van der Waals surface area contributed by atoms with Gasteiger partial charge in [-0.2, -0.15) is 5.10 Å². The Balaban J connectivity index is 1.98. The van der Waals surface area contributed by atoms with Crippen LogP contribution in [0.5, 0.6) is 0 Å². The molecule has 2 rings (SSSR count). The molecule has 0 spiro atoms. The van der Waals surface area contributed by atoms with Gasteiger partial charge in [-0.3, -0.25) is 4.68 Å². The number of nitrogens with one attached hydrogen (secondary N) is 1. The van der Waals surface area contributed by atoms with Gasteiger partial charge in [-0.25, -0.2) is 4.98 Å². The van der Waals surface area contributed by atoms with Crippen LogP contribution < -0.4 is 5.32 Å². The molecular formula is C14H20N4. The Labute approximate surface area is 108 Å². The van der Waals surface area contributed by atoms with Crippen LogP contribution in [-0.4, -0.2) is 14.8 Å². The fourth-order valence-electron chi connectivity index (χ4n) is 1.68. The highest BCUT2D eigenvalue weighted by molar-refractivity contribution is 5.37. The average Bonchev–Trinajstić information content (AvgIpc) is 2.72. The summed E-state index contributed by atoms with van der Waals surface area (Å²) in [5.41, 5.74) is 2.40. The number of hydrogen-bond acceptors (Lipinski definition) is 3. The Kier molecular flexibility index (Phi) is 3.36. The van der Waals surface area contributed by atoms with Crippen LogP contribution >= 0.6 is 0 Å². The van der Waals surface area contributed by atoms with Crippen LogP contribution in [0.1, 0.15) is 32.0 Å². The maximum atomic E-state index is 4.42. The Morgan fingerprint density at radius 1 is 1.22 bits per heavy atom. The minimum Gasteiger partial charge on any atom is -0.364 e. The molecule has 0 saturated heterocycles. The first kappa shape index (κ1) is 12.6. The second kappa shape index (κ2) is 4.80. The lowest BCUT2D eigenvalue weighted by Gasteiger charge is -2.18. The van der Waals surface area contributed by atoms with Crippen LogP contribution in [-0.2, 0) is 19.0 Å². The maximum Gasteiger partial charge on any atom is 0.126 e. The summed E-state index contributed by atoms with van der Waals surface area (Å²) in [4.78, 5) is 4.42. The van der Waals surface area contributed by atoms with Crippen molar-refractivity contribution in [3.63, 3.8) is 0 Å². The van der Waals surface area contributed by atoms with Crippen molar-refractivity contribution in [2.24, 2.45) is 7.05 Å². The zero-order chi connectivity index (χ0) is 13.2. The van der Waals surface area contributed by atoms with E-state index in [1.165, 1.54) is 5.56 Å². The topological polar surface area (TPSA) is 42.7 Å². The largest absolute Gasteiger partial charge is 0.364 e. The van der Waals surface area contributed by atoms with Crippen molar-refractivity contribution in [3.8, 4) is 0 Å². The highest BCUT2D eigenvalue weighted by atomic mass is 15.3.